The second-order valence-corrected chi connectivity index (χ2v) is 6.17. The van der Waals surface area contributed by atoms with Crippen molar-refractivity contribution in [1.29, 1.82) is 0 Å². The van der Waals surface area contributed by atoms with Gasteiger partial charge in [0.05, 0.1) is 30.5 Å². The predicted octanol–water partition coefficient (Wildman–Crippen LogP) is 1.73. The molecule has 8 heteroatoms. The Labute approximate surface area is 142 Å². The monoisotopic (exact) mass is 341 g/mol. The third-order valence-corrected chi connectivity index (χ3v) is 4.46. The average Bonchev–Trinajstić information content (AvgIpc) is 3.30. The molecule has 0 spiro atoms. The van der Waals surface area contributed by atoms with Crippen molar-refractivity contribution < 1.29 is 9.53 Å². The maximum absolute atomic E-state index is 11.9. The van der Waals surface area contributed by atoms with Crippen molar-refractivity contribution in [3.63, 3.8) is 0 Å². The maximum Gasteiger partial charge on any atom is 0.270 e. The number of carbonyl (C=O) groups excluding carboxylic acids is 1. The number of nitrogens with zero attached hydrogens (tertiary/aromatic N) is 4. The molecule has 0 bridgehead atoms. The minimum Gasteiger partial charge on any atom is -0.368 e. The zero-order valence-electron chi connectivity index (χ0n) is 12.8. The van der Waals surface area contributed by atoms with Crippen LogP contribution in [0.2, 0.25) is 0 Å². The lowest BCUT2D eigenvalue weighted by molar-refractivity contribution is 0.00174. The van der Waals surface area contributed by atoms with Crippen molar-refractivity contribution in [3.05, 3.63) is 52.6 Å². The summed E-state index contributed by atoms with van der Waals surface area (Å²) in [5.74, 6) is -0.186. The van der Waals surface area contributed by atoms with Gasteiger partial charge in [-0.25, -0.2) is 9.67 Å². The van der Waals surface area contributed by atoms with Crippen LogP contribution >= 0.6 is 11.3 Å². The Morgan fingerprint density at radius 3 is 3.04 bits per heavy atom. The van der Waals surface area contributed by atoms with E-state index in [0.29, 0.717) is 25.4 Å². The number of hydrogen-bond acceptors (Lipinski definition) is 6. The molecule has 4 rings (SSSR count). The van der Waals surface area contributed by atoms with Gasteiger partial charge in [0.2, 0.25) is 0 Å². The van der Waals surface area contributed by atoms with E-state index in [9.17, 15) is 4.79 Å². The van der Waals surface area contributed by atoms with Crippen LogP contribution in [0.1, 0.15) is 16.2 Å². The molecule has 1 amide bonds. The van der Waals surface area contributed by atoms with E-state index in [1.165, 1.54) is 11.3 Å². The molecule has 0 saturated heterocycles. The van der Waals surface area contributed by atoms with E-state index in [2.05, 4.69) is 20.6 Å². The number of fused-ring (bicyclic) bond motifs is 1. The van der Waals surface area contributed by atoms with Crippen molar-refractivity contribution in [2.24, 2.45) is 0 Å². The molecule has 2 aromatic heterocycles. The summed E-state index contributed by atoms with van der Waals surface area (Å²) in [6.45, 7) is 1.40. The minimum atomic E-state index is -0.186. The van der Waals surface area contributed by atoms with E-state index in [4.69, 9.17) is 4.74 Å². The SMILES string of the molecule is O=C(NCC1Cn2nnc(-c3ccccc3)c2CO1)c1cscn1. The van der Waals surface area contributed by atoms with Crippen LogP contribution in [0.25, 0.3) is 11.3 Å². The number of amides is 1. The molecule has 7 nitrogen and oxygen atoms in total. The highest BCUT2D eigenvalue weighted by Crippen LogP contribution is 2.24. The summed E-state index contributed by atoms with van der Waals surface area (Å²) in [4.78, 5) is 15.9. The van der Waals surface area contributed by atoms with Gasteiger partial charge in [0.1, 0.15) is 11.4 Å². The first kappa shape index (κ1) is 15.0. The first-order valence-electron chi connectivity index (χ1n) is 7.57. The van der Waals surface area contributed by atoms with E-state index < -0.39 is 0 Å². The fourth-order valence-electron chi connectivity index (χ4n) is 2.63. The van der Waals surface area contributed by atoms with Crippen molar-refractivity contribution in [2.75, 3.05) is 6.54 Å². The summed E-state index contributed by atoms with van der Waals surface area (Å²) in [5.41, 5.74) is 4.91. The molecule has 3 heterocycles. The molecule has 1 aromatic carbocycles. The summed E-state index contributed by atoms with van der Waals surface area (Å²) in [7, 11) is 0. The lowest BCUT2D eigenvalue weighted by Gasteiger charge is -2.24. The molecule has 0 radical (unpaired) electrons. The van der Waals surface area contributed by atoms with Crippen LogP contribution in [0, 0.1) is 0 Å². The first-order chi connectivity index (χ1) is 11.8. The second-order valence-electron chi connectivity index (χ2n) is 5.45. The molecular weight excluding hydrogens is 326 g/mol. The summed E-state index contributed by atoms with van der Waals surface area (Å²) < 4.78 is 7.71. The molecule has 0 aliphatic carbocycles. The van der Waals surface area contributed by atoms with Gasteiger partial charge >= 0.3 is 0 Å². The van der Waals surface area contributed by atoms with Crippen LogP contribution in [0.5, 0.6) is 0 Å². The van der Waals surface area contributed by atoms with E-state index in [1.54, 1.807) is 10.9 Å². The largest absolute Gasteiger partial charge is 0.368 e. The molecule has 0 saturated carbocycles. The van der Waals surface area contributed by atoms with E-state index in [0.717, 1.165) is 17.0 Å². The number of rotatable bonds is 4. The number of aromatic nitrogens is 4. The fraction of sp³-hybridized carbons (Fsp3) is 0.250. The molecule has 3 aromatic rings. The Kier molecular flexibility index (Phi) is 4.06. The molecule has 24 heavy (non-hydrogen) atoms. The summed E-state index contributed by atoms with van der Waals surface area (Å²) in [5, 5.41) is 13.1. The van der Waals surface area contributed by atoms with Gasteiger partial charge in [-0.05, 0) is 0 Å². The molecule has 1 unspecified atom stereocenters. The van der Waals surface area contributed by atoms with Gasteiger partial charge in [-0.1, -0.05) is 35.5 Å². The lowest BCUT2D eigenvalue weighted by atomic mass is 10.1. The molecule has 1 atom stereocenters. The first-order valence-corrected chi connectivity index (χ1v) is 8.51. The highest BCUT2D eigenvalue weighted by atomic mass is 32.1. The van der Waals surface area contributed by atoms with Gasteiger partial charge in [-0.2, -0.15) is 0 Å². The van der Waals surface area contributed by atoms with Crippen molar-refractivity contribution >= 4 is 17.2 Å². The smallest absolute Gasteiger partial charge is 0.270 e. The van der Waals surface area contributed by atoms with E-state index in [1.807, 2.05) is 35.0 Å². The molecule has 1 N–H and O–H groups in total. The zero-order chi connectivity index (χ0) is 16.4. The molecular formula is C16H15N5O2S. The van der Waals surface area contributed by atoms with Crippen LogP contribution in [0.3, 0.4) is 0 Å². The summed E-state index contributed by atoms with van der Waals surface area (Å²) in [6.07, 6.45) is -0.134. The number of nitrogens with one attached hydrogen (secondary N) is 1. The van der Waals surface area contributed by atoms with Crippen LogP contribution in [-0.4, -0.2) is 38.5 Å². The van der Waals surface area contributed by atoms with Gasteiger partial charge < -0.3 is 10.1 Å². The van der Waals surface area contributed by atoms with Gasteiger partial charge in [0, 0.05) is 17.5 Å². The van der Waals surface area contributed by atoms with Crippen molar-refractivity contribution in [3.8, 4) is 11.3 Å². The summed E-state index contributed by atoms with van der Waals surface area (Å²) >= 11 is 1.40. The predicted molar refractivity (Wildman–Crippen MR) is 88.5 cm³/mol. The van der Waals surface area contributed by atoms with Crippen LogP contribution in [0.15, 0.2) is 41.2 Å². The van der Waals surface area contributed by atoms with Gasteiger partial charge in [-0.3, -0.25) is 4.79 Å². The number of benzene rings is 1. The molecule has 1 aliphatic rings. The van der Waals surface area contributed by atoms with Crippen LogP contribution in [-0.2, 0) is 17.9 Å². The second kappa shape index (κ2) is 6.50. The van der Waals surface area contributed by atoms with Gasteiger partial charge in [0.15, 0.2) is 0 Å². The Hall–Kier alpha value is -2.58. The normalized spacial score (nSPS) is 16.6. The number of carbonyl (C=O) groups is 1. The zero-order valence-corrected chi connectivity index (χ0v) is 13.6. The topological polar surface area (TPSA) is 81.9 Å². The Balaban J connectivity index is 1.42. The number of ether oxygens (including phenoxy) is 1. The lowest BCUT2D eigenvalue weighted by Crippen LogP contribution is -2.39. The molecule has 0 fully saturated rings. The van der Waals surface area contributed by atoms with Crippen molar-refractivity contribution in [2.45, 2.75) is 19.3 Å². The standard InChI is InChI=1S/C16H15N5O2S/c22-16(13-9-24-10-18-13)17-6-12-7-21-14(8-23-12)15(19-20-21)11-4-2-1-3-5-11/h1-5,9-10,12H,6-8H2,(H,17,22). The number of hydrogen-bond donors (Lipinski definition) is 1. The highest BCUT2D eigenvalue weighted by Gasteiger charge is 2.24. The minimum absolute atomic E-state index is 0.134. The molecule has 1 aliphatic heterocycles. The van der Waals surface area contributed by atoms with Crippen molar-refractivity contribution in [1.82, 2.24) is 25.3 Å². The maximum atomic E-state index is 11.9. The van der Waals surface area contributed by atoms with E-state index >= 15 is 0 Å². The Morgan fingerprint density at radius 1 is 1.38 bits per heavy atom. The Morgan fingerprint density at radius 2 is 2.25 bits per heavy atom. The third-order valence-electron chi connectivity index (χ3n) is 3.87. The third kappa shape index (κ3) is 2.93. The fourth-order valence-corrected chi connectivity index (χ4v) is 3.16. The van der Waals surface area contributed by atoms with Crippen LogP contribution in [0.4, 0.5) is 0 Å². The van der Waals surface area contributed by atoms with Crippen LogP contribution < -0.4 is 5.32 Å². The average molecular weight is 341 g/mol. The Bertz CT molecular complexity index is 832. The quantitative estimate of drug-likeness (QED) is 0.781. The van der Waals surface area contributed by atoms with Gasteiger partial charge in [-0.15, -0.1) is 16.4 Å². The highest BCUT2D eigenvalue weighted by molar-refractivity contribution is 7.07. The van der Waals surface area contributed by atoms with E-state index in [-0.39, 0.29) is 12.0 Å². The summed E-state index contributed by atoms with van der Waals surface area (Å²) in [6, 6.07) is 9.93. The molecule has 122 valence electrons. The number of thiazole rings is 1. The van der Waals surface area contributed by atoms with Gasteiger partial charge in [0.25, 0.3) is 5.91 Å².